The maximum atomic E-state index is 9.02. The van der Waals surface area contributed by atoms with E-state index >= 15 is 0 Å². The van der Waals surface area contributed by atoms with Gasteiger partial charge in [0.05, 0.1) is 0 Å². The average Bonchev–Trinajstić information content (AvgIpc) is 2.06. The van der Waals surface area contributed by atoms with Crippen molar-refractivity contribution in [2.45, 2.75) is 26.4 Å². The van der Waals surface area contributed by atoms with Gasteiger partial charge in [-0.3, -0.25) is 0 Å². The van der Waals surface area contributed by atoms with E-state index in [0.29, 0.717) is 11.5 Å². The lowest BCUT2D eigenvalue weighted by Crippen LogP contribution is -2.14. The largest absolute Gasteiger partial charge is 0.462 e. The molecule has 0 saturated carbocycles. The number of para-hydroxylation sites is 2. The summed E-state index contributed by atoms with van der Waals surface area (Å²) < 4.78 is 10.1. The van der Waals surface area contributed by atoms with Crippen LogP contribution in [0.5, 0.6) is 11.5 Å². The highest BCUT2D eigenvalue weighted by molar-refractivity contribution is 5.39. The smallest absolute Gasteiger partial charge is 0.194 e. The summed E-state index contributed by atoms with van der Waals surface area (Å²) in [4.78, 5) is 0. The van der Waals surface area contributed by atoms with Crippen molar-refractivity contribution < 1.29 is 19.7 Å². The normalized spacial score (nSPS) is 14.6. The minimum atomic E-state index is -0.909. The molecule has 0 aliphatic carbocycles. The number of aliphatic hydroxyl groups is 2. The summed E-state index contributed by atoms with van der Waals surface area (Å²) in [5.74, 6) is 0.812. The first-order valence-electron chi connectivity index (χ1n) is 4.38. The number of hydrogen-bond acceptors (Lipinski definition) is 4. The molecule has 0 aliphatic rings. The van der Waals surface area contributed by atoms with Crippen LogP contribution in [0.25, 0.3) is 0 Å². The van der Waals surface area contributed by atoms with E-state index in [0.717, 1.165) is 0 Å². The Morgan fingerprint density at radius 2 is 1.29 bits per heavy atom. The second-order valence-corrected chi connectivity index (χ2v) is 2.88. The van der Waals surface area contributed by atoms with Crippen LogP contribution in [0, 0.1) is 0 Å². The zero-order valence-corrected chi connectivity index (χ0v) is 8.18. The topological polar surface area (TPSA) is 58.9 Å². The molecule has 0 heterocycles. The van der Waals surface area contributed by atoms with Gasteiger partial charge in [-0.1, -0.05) is 12.1 Å². The van der Waals surface area contributed by atoms with Gasteiger partial charge in [-0.25, -0.2) is 0 Å². The molecule has 0 spiro atoms. The van der Waals surface area contributed by atoms with Crippen molar-refractivity contribution in [2.75, 3.05) is 0 Å². The molecule has 0 aliphatic heterocycles. The summed E-state index contributed by atoms with van der Waals surface area (Å²) in [6.45, 7) is 3.00. The molecule has 14 heavy (non-hydrogen) atoms. The molecule has 2 atom stereocenters. The molecule has 2 unspecified atom stereocenters. The Morgan fingerprint density at radius 1 is 0.929 bits per heavy atom. The SMILES string of the molecule is CC(O)Oc1ccccc1OC(C)O. The summed E-state index contributed by atoms with van der Waals surface area (Å²) in [6, 6.07) is 6.83. The lowest BCUT2D eigenvalue weighted by Gasteiger charge is -2.15. The van der Waals surface area contributed by atoms with Crippen molar-refractivity contribution in [3.63, 3.8) is 0 Å². The van der Waals surface area contributed by atoms with Gasteiger partial charge in [-0.15, -0.1) is 0 Å². The van der Waals surface area contributed by atoms with E-state index in [1.54, 1.807) is 24.3 Å². The quantitative estimate of drug-likeness (QED) is 0.712. The van der Waals surface area contributed by atoms with Crippen molar-refractivity contribution in [1.82, 2.24) is 0 Å². The fraction of sp³-hybridized carbons (Fsp3) is 0.400. The van der Waals surface area contributed by atoms with Crippen LogP contribution in [-0.2, 0) is 0 Å². The standard InChI is InChI=1S/C10H14O4/c1-7(11)13-9-5-3-4-6-10(9)14-8(2)12/h3-8,11-12H,1-2H3. The van der Waals surface area contributed by atoms with Gasteiger partial charge >= 0.3 is 0 Å². The predicted octanol–water partition coefficient (Wildman–Crippen LogP) is 1.12. The van der Waals surface area contributed by atoms with Crippen LogP contribution < -0.4 is 9.47 Å². The summed E-state index contributed by atoms with van der Waals surface area (Å²) >= 11 is 0. The fourth-order valence-electron chi connectivity index (χ4n) is 1.01. The van der Waals surface area contributed by atoms with Gasteiger partial charge in [0.1, 0.15) is 0 Å². The van der Waals surface area contributed by atoms with Gasteiger partial charge in [0, 0.05) is 0 Å². The molecule has 1 aromatic carbocycles. The molecule has 0 fully saturated rings. The summed E-state index contributed by atoms with van der Waals surface area (Å²) in [5, 5.41) is 18.0. The van der Waals surface area contributed by atoms with Gasteiger partial charge < -0.3 is 19.7 Å². The minimum Gasteiger partial charge on any atom is -0.462 e. The van der Waals surface area contributed by atoms with Gasteiger partial charge in [-0.05, 0) is 26.0 Å². The Kier molecular flexibility index (Phi) is 3.73. The Hall–Kier alpha value is -1.26. The van der Waals surface area contributed by atoms with Crippen LogP contribution in [0.15, 0.2) is 24.3 Å². The number of aliphatic hydroxyl groups excluding tert-OH is 2. The highest BCUT2D eigenvalue weighted by Gasteiger charge is 2.08. The first-order chi connectivity index (χ1) is 6.59. The molecule has 4 nitrogen and oxygen atoms in total. The average molecular weight is 198 g/mol. The van der Waals surface area contributed by atoms with E-state index < -0.39 is 12.6 Å². The van der Waals surface area contributed by atoms with Gasteiger partial charge in [0.15, 0.2) is 24.1 Å². The van der Waals surface area contributed by atoms with Crippen molar-refractivity contribution in [2.24, 2.45) is 0 Å². The van der Waals surface area contributed by atoms with E-state index in [1.807, 2.05) is 0 Å². The molecule has 78 valence electrons. The molecular weight excluding hydrogens is 184 g/mol. The van der Waals surface area contributed by atoms with Crippen LogP contribution in [0.4, 0.5) is 0 Å². The van der Waals surface area contributed by atoms with E-state index in [4.69, 9.17) is 19.7 Å². The molecule has 0 aromatic heterocycles. The number of hydrogen-bond donors (Lipinski definition) is 2. The predicted molar refractivity (Wildman–Crippen MR) is 51.1 cm³/mol. The van der Waals surface area contributed by atoms with Crippen LogP contribution in [0.3, 0.4) is 0 Å². The molecule has 0 bridgehead atoms. The molecule has 1 rings (SSSR count). The number of benzene rings is 1. The summed E-state index contributed by atoms with van der Waals surface area (Å²) in [5.41, 5.74) is 0. The van der Waals surface area contributed by atoms with Gasteiger partial charge in [0.2, 0.25) is 0 Å². The maximum Gasteiger partial charge on any atom is 0.194 e. The van der Waals surface area contributed by atoms with Crippen LogP contribution in [-0.4, -0.2) is 22.8 Å². The maximum absolute atomic E-state index is 9.02. The van der Waals surface area contributed by atoms with E-state index in [-0.39, 0.29) is 0 Å². The highest BCUT2D eigenvalue weighted by atomic mass is 16.6. The van der Waals surface area contributed by atoms with E-state index in [1.165, 1.54) is 13.8 Å². The molecule has 0 saturated heterocycles. The highest BCUT2D eigenvalue weighted by Crippen LogP contribution is 2.27. The van der Waals surface area contributed by atoms with Crippen molar-refractivity contribution in [3.05, 3.63) is 24.3 Å². The monoisotopic (exact) mass is 198 g/mol. The Morgan fingerprint density at radius 3 is 1.57 bits per heavy atom. The third kappa shape index (κ3) is 3.24. The first kappa shape index (κ1) is 10.8. The number of ether oxygens (including phenoxy) is 2. The molecular formula is C10H14O4. The molecule has 0 amide bonds. The minimum absolute atomic E-state index is 0.406. The van der Waals surface area contributed by atoms with Crippen molar-refractivity contribution in [3.8, 4) is 11.5 Å². The second kappa shape index (κ2) is 4.83. The third-order valence-electron chi connectivity index (χ3n) is 1.44. The first-order valence-corrected chi connectivity index (χ1v) is 4.38. The lowest BCUT2D eigenvalue weighted by atomic mass is 10.3. The lowest BCUT2D eigenvalue weighted by molar-refractivity contribution is -0.0210. The van der Waals surface area contributed by atoms with Crippen LogP contribution in [0.1, 0.15) is 13.8 Å². The zero-order valence-electron chi connectivity index (χ0n) is 8.18. The second-order valence-electron chi connectivity index (χ2n) is 2.88. The van der Waals surface area contributed by atoms with Crippen molar-refractivity contribution in [1.29, 1.82) is 0 Å². The summed E-state index contributed by atoms with van der Waals surface area (Å²) in [7, 11) is 0. The molecule has 0 radical (unpaired) electrons. The van der Waals surface area contributed by atoms with Gasteiger partial charge in [-0.2, -0.15) is 0 Å². The zero-order chi connectivity index (χ0) is 10.6. The third-order valence-corrected chi connectivity index (χ3v) is 1.44. The fourth-order valence-corrected chi connectivity index (χ4v) is 1.01. The Bertz CT molecular complexity index is 254. The molecule has 2 N–H and O–H groups in total. The van der Waals surface area contributed by atoms with Crippen LogP contribution in [0.2, 0.25) is 0 Å². The Balaban J connectivity index is 2.80. The Labute approximate surface area is 82.7 Å². The van der Waals surface area contributed by atoms with Crippen LogP contribution >= 0.6 is 0 Å². The van der Waals surface area contributed by atoms with Gasteiger partial charge in [0.25, 0.3) is 0 Å². The van der Waals surface area contributed by atoms with Crippen molar-refractivity contribution >= 4 is 0 Å². The summed E-state index contributed by atoms with van der Waals surface area (Å²) in [6.07, 6.45) is -1.82. The molecule has 4 heteroatoms. The van der Waals surface area contributed by atoms with E-state index in [2.05, 4.69) is 0 Å². The van der Waals surface area contributed by atoms with E-state index in [9.17, 15) is 0 Å². The molecule has 1 aromatic rings. The number of rotatable bonds is 4.